The van der Waals surface area contributed by atoms with E-state index < -0.39 is 0 Å². The lowest BCUT2D eigenvalue weighted by Crippen LogP contribution is -2.44. The Balaban J connectivity index is 1.41. The van der Waals surface area contributed by atoms with Crippen molar-refractivity contribution >= 4 is 34.2 Å². The molecule has 2 aromatic carbocycles. The molecule has 0 saturated carbocycles. The third kappa shape index (κ3) is 3.65. The number of piperidine rings is 1. The van der Waals surface area contributed by atoms with Crippen molar-refractivity contribution in [2.45, 2.75) is 25.7 Å². The first-order chi connectivity index (χ1) is 14.6. The van der Waals surface area contributed by atoms with E-state index in [1.807, 2.05) is 23.1 Å². The molecule has 0 radical (unpaired) electrons. The van der Waals surface area contributed by atoms with Gasteiger partial charge in [0.05, 0.1) is 22.0 Å². The molecule has 2 aliphatic rings. The molecule has 30 heavy (non-hydrogen) atoms. The van der Waals surface area contributed by atoms with E-state index in [4.69, 9.17) is 11.6 Å². The third-order valence-corrected chi connectivity index (χ3v) is 6.53. The van der Waals surface area contributed by atoms with E-state index in [0.29, 0.717) is 22.3 Å². The van der Waals surface area contributed by atoms with E-state index in [2.05, 4.69) is 14.9 Å². The van der Waals surface area contributed by atoms with Gasteiger partial charge in [-0.1, -0.05) is 11.6 Å². The Labute approximate surface area is 179 Å². The number of aromatic nitrogens is 2. The number of hydrogen-bond acceptors (Lipinski definition) is 3. The largest absolute Gasteiger partial charge is 0.371 e. The molecule has 2 aliphatic heterocycles. The number of aromatic amines is 1. The SMILES string of the molecule is O=C([C@@H]1CCCN(c2ccc(Cl)c(-c3nc4cc(F)ccc4[nH]3)c2)C1)N1CCCC1. The highest BCUT2D eigenvalue weighted by Crippen LogP contribution is 2.33. The first-order valence-corrected chi connectivity index (χ1v) is 11.0. The van der Waals surface area contributed by atoms with Gasteiger partial charge in [-0.25, -0.2) is 9.37 Å². The number of nitrogens with zero attached hydrogens (tertiary/aromatic N) is 3. The summed E-state index contributed by atoms with van der Waals surface area (Å²) in [7, 11) is 0. The Morgan fingerprint density at radius 3 is 2.77 bits per heavy atom. The average molecular weight is 427 g/mol. The third-order valence-electron chi connectivity index (χ3n) is 6.20. The molecule has 1 atom stereocenters. The summed E-state index contributed by atoms with van der Waals surface area (Å²) in [5.74, 6) is 0.641. The molecule has 1 aromatic heterocycles. The highest BCUT2D eigenvalue weighted by Gasteiger charge is 2.30. The van der Waals surface area contributed by atoms with Crippen LogP contribution in [0, 0.1) is 11.7 Å². The first kappa shape index (κ1) is 19.4. The number of imidazole rings is 1. The number of benzene rings is 2. The van der Waals surface area contributed by atoms with E-state index in [0.717, 1.165) is 68.6 Å². The summed E-state index contributed by atoms with van der Waals surface area (Å²) >= 11 is 6.48. The second-order valence-electron chi connectivity index (χ2n) is 8.23. The van der Waals surface area contributed by atoms with Crippen LogP contribution in [0.4, 0.5) is 10.1 Å². The zero-order chi connectivity index (χ0) is 20.7. The van der Waals surface area contributed by atoms with Gasteiger partial charge in [-0.2, -0.15) is 0 Å². The lowest BCUT2D eigenvalue weighted by atomic mass is 9.96. The molecular formula is C23H24ClFN4O. The van der Waals surface area contributed by atoms with Crippen LogP contribution in [0.3, 0.4) is 0 Å². The number of carbonyl (C=O) groups excluding carboxylic acids is 1. The van der Waals surface area contributed by atoms with Crippen LogP contribution in [0.1, 0.15) is 25.7 Å². The van der Waals surface area contributed by atoms with Gasteiger partial charge in [-0.15, -0.1) is 0 Å². The smallest absolute Gasteiger partial charge is 0.227 e. The van der Waals surface area contributed by atoms with Crippen molar-refractivity contribution in [1.29, 1.82) is 0 Å². The number of hydrogen-bond donors (Lipinski definition) is 1. The van der Waals surface area contributed by atoms with Crippen LogP contribution in [0.2, 0.25) is 5.02 Å². The van der Waals surface area contributed by atoms with Gasteiger partial charge < -0.3 is 14.8 Å². The van der Waals surface area contributed by atoms with Gasteiger partial charge in [0.15, 0.2) is 0 Å². The monoisotopic (exact) mass is 426 g/mol. The maximum Gasteiger partial charge on any atom is 0.227 e. The van der Waals surface area contributed by atoms with Crippen molar-refractivity contribution < 1.29 is 9.18 Å². The minimum Gasteiger partial charge on any atom is -0.371 e. The van der Waals surface area contributed by atoms with Gasteiger partial charge >= 0.3 is 0 Å². The number of amides is 1. The summed E-state index contributed by atoms with van der Waals surface area (Å²) in [5, 5.41) is 0.583. The maximum absolute atomic E-state index is 13.5. The highest BCUT2D eigenvalue weighted by molar-refractivity contribution is 6.33. The van der Waals surface area contributed by atoms with E-state index >= 15 is 0 Å². The Hall–Kier alpha value is -2.60. The van der Waals surface area contributed by atoms with Crippen molar-refractivity contribution in [3.63, 3.8) is 0 Å². The molecule has 7 heteroatoms. The maximum atomic E-state index is 13.5. The van der Waals surface area contributed by atoms with Crippen molar-refractivity contribution in [2.75, 3.05) is 31.1 Å². The molecule has 0 bridgehead atoms. The molecule has 1 amide bonds. The molecule has 156 valence electrons. The molecule has 0 aliphatic carbocycles. The molecule has 5 rings (SSSR count). The molecule has 3 heterocycles. The fourth-order valence-corrected chi connectivity index (χ4v) is 4.81. The summed E-state index contributed by atoms with van der Waals surface area (Å²) < 4.78 is 13.5. The van der Waals surface area contributed by atoms with Gasteiger partial charge in [-0.05, 0) is 56.0 Å². The van der Waals surface area contributed by atoms with Crippen molar-refractivity contribution in [2.24, 2.45) is 5.92 Å². The number of H-pyrrole nitrogens is 1. The Kier molecular flexibility index (Phi) is 5.11. The molecule has 0 unspecified atom stereocenters. The molecule has 2 saturated heterocycles. The number of rotatable bonds is 3. The fourth-order valence-electron chi connectivity index (χ4n) is 4.61. The Bertz CT molecular complexity index is 1090. The van der Waals surface area contributed by atoms with Gasteiger partial charge in [0.2, 0.25) is 5.91 Å². The van der Waals surface area contributed by atoms with Crippen molar-refractivity contribution in [1.82, 2.24) is 14.9 Å². The number of fused-ring (bicyclic) bond motifs is 1. The normalized spacial score (nSPS) is 19.6. The topological polar surface area (TPSA) is 52.2 Å². The Morgan fingerprint density at radius 2 is 1.93 bits per heavy atom. The minimum absolute atomic E-state index is 0.0464. The van der Waals surface area contributed by atoms with Crippen molar-refractivity contribution in [3.05, 3.63) is 47.2 Å². The van der Waals surface area contributed by atoms with E-state index in [1.54, 1.807) is 6.07 Å². The van der Waals surface area contributed by atoms with Crippen LogP contribution in [0.15, 0.2) is 36.4 Å². The fraction of sp³-hybridized carbons (Fsp3) is 0.391. The first-order valence-electron chi connectivity index (χ1n) is 10.6. The number of likely N-dealkylation sites (tertiary alicyclic amines) is 1. The highest BCUT2D eigenvalue weighted by atomic mass is 35.5. The molecule has 1 N–H and O–H groups in total. The lowest BCUT2D eigenvalue weighted by molar-refractivity contribution is -0.134. The number of halogens is 2. The van der Waals surface area contributed by atoms with E-state index in [-0.39, 0.29) is 11.7 Å². The van der Waals surface area contributed by atoms with Gasteiger partial charge in [-0.3, -0.25) is 4.79 Å². The lowest BCUT2D eigenvalue weighted by Gasteiger charge is -2.35. The zero-order valence-corrected chi connectivity index (χ0v) is 17.5. The summed E-state index contributed by atoms with van der Waals surface area (Å²) in [5.41, 5.74) is 3.14. The summed E-state index contributed by atoms with van der Waals surface area (Å²) in [6, 6.07) is 10.4. The van der Waals surface area contributed by atoms with Crippen LogP contribution in [-0.4, -0.2) is 47.0 Å². The molecule has 5 nitrogen and oxygen atoms in total. The van der Waals surface area contributed by atoms with Crippen LogP contribution in [0.25, 0.3) is 22.4 Å². The molecule has 0 spiro atoms. The van der Waals surface area contributed by atoms with E-state index in [1.165, 1.54) is 12.1 Å². The minimum atomic E-state index is -0.317. The zero-order valence-electron chi connectivity index (χ0n) is 16.7. The van der Waals surface area contributed by atoms with E-state index in [9.17, 15) is 9.18 Å². The predicted octanol–water partition coefficient (Wildman–Crippen LogP) is 4.86. The number of nitrogens with one attached hydrogen (secondary N) is 1. The summed E-state index contributed by atoms with van der Waals surface area (Å²) in [6.07, 6.45) is 4.17. The Morgan fingerprint density at radius 1 is 1.10 bits per heavy atom. The van der Waals surface area contributed by atoms with Gasteiger partial charge in [0, 0.05) is 43.5 Å². The van der Waals surface area contributed by atoms with Crippen LogP contribution in [-0.2, 0) is 4.79 Å². The number of carbonyl (C=O) groups is 1. The molecular weight excluding hydrogens is 403 g/mol. The van der Waals surface area contributed by atoms with Crippen LogP contribution in [0.5, 0.6) is 0 Å². The predicted molar refractivity (Wildman–Crippen MR) is 117 cm³/mol. The van der Waals surface area contributed by atoms with Gasteiger partial charge in [0.1, 0.15) is 11.6 Å². The quantitative estimate of drug-likeness (QED) is 0.650. The summed E-state index contributed by atoms with van der Waals surface area (Å²) in [6.45, 7) is 3.43. The van der Waals surface area contributed by atoms with Gasteiger partial charge in [0.25, 0.3) is 0 Å². The standard InChI is InChI=1S/C23H24ClFN4O/c24-19-7-6-17(13-18(19)22-26-20-8-5-16(25)12-21(20)27-22)29-11-3-4-15(14-29)23(30)28-9-1-2-10-28/h5-8,12-13,15H,1-4,9-11,14H2,(H,26,27)/t15-/m1/s1. The average Bonchev–Trinajstić information content (AvgIpc) is 3.43. The second-order valence-corrected chi connectivity index (χ2v) is 8.64. The van der Waals surface area contributed by atoms with Crippen LogP contribution < -0.4 is 4.90 Å². The number of anilines is 1. The molecule has 2 fully saturated rings. The molecule has 3 aromatic rings. The van der Waals surface area contributed by atoms with Crippen molar-refractivity contribution in [3.8, 4) is 11.4 Å². The van der Waals surface area contributed by atoms with Crippen LogP contribution >= 0.6 is 11.6 Å². The summed E-state index contributed by atoms with van der Waals surface area (Å²) in [4.78, 5) is 24.9. The second kappa shape index (κ2) is 7.91.